The fourth-order valence-corrected chi connectivity index (χ4v) is 5.55. The van der Waals surface area contributed by atoms with Gasteiger partial charge in [0.1, 0.15) is 5.65 Å². The van der Waals surface area contributed by atoms with Gasteiger partial charge in [0.15, 0.2) is 0 Å². The van der Waals surface area contributed by atoms with E-state index in [1.165, 1.54) is 12.4 Å². The summed E-state index contributed by atoms with van der Waals surface area (Å²) < 4.78 is 5.33. The van der Waals surface area contributed by atoms with Crippen molar-refractivity contribution in [3.05, 3.63) is 139 Å². The molecule has 5 aromatic heterocycles. The molecule has 7 aromatic rings. The molecule has 5 heterocycles. The number of anilines is 1. The monoisotopic (exact) mass is 684 g/mol. The molecule has 0 radical (unpaired) electrons. The van der Waals surface area contributed by atoms with Crippen LogP contribution in [0.5, 0.6) is 0 Å². The number of rotatable bonds is 13. The minimum Gasteiger partial charge on any atom is -0.478 e. The summed E-state index contributed by atoms with van der Waals surface area (Å²) in [5.41, 5.74) is 6.25. The number of hydrogen-bond acceptors (Lipinski definition) is 7. The van der Waals surface area contributed by atoms with Gasteiger partial charge in [-0.25, -0.2) is 9.78 Å². The average molecular weight is 685 g/mol. The van der Waals surface area contributed by atoms with Gasteiger partial charge >= 0.3 is 5.97 Å². The van der Waals surface area contributed by atoms with Crippen LogP contribution in [0.4, 0.5) is 5.69 Å². The molecule has 3 N–H and O–H groups in total. The maximum Gasteiger partial charge on any atom is 0.338 e. The first kappa shape index (κ1) is 34.5. The Kier molecular flexibility index (Phi) is 11.1. The fraction of sp³-hybridized carbons (Fsp3) is 0.211. The van der Waals surface area contributed by atoms with Crippen LogP contribution in [0.2, 0.25) is 0 Å². The number of carboxylic acids is 1. The number of benzene rings is 2. The first-order valence-corrected chi connectivity index (χ1v) is 16.8. The number of amides is 1. The van der Waals surface area contributed by atoms with E-state index in [2.05, 4.69) is 49.3 Å². The van der Waals surface area contributed by atoms with Crippen molar-refractivity contribution in [1.29, 1.82) is 0 Å². The van der Waals surface area contributed by atoms with Crippen LogP contribution in [-0.2, 0) is 19.6 Å². The molecule has 0 spiro atoms. The van der Waals surface area contributed by atoms with E-state index in [0.717, 1.165) is 53.8 Å². The van der Waals surface area contributed by atoms with Crippen LogP contribution in [-0.4, -0.2) is 80.8 Å². The third kappa shape index (κ3) is 9.02. The smallest absolute Gasteiger partial charge is 0.338 e. The Morgan fingerprint density at radius 1 is 0.765 bits per heavy atom. The Hall–Kier alpha value is -6.34. The van der Waals surface area contributed by atoms with Crippen molar-refractivity contribution >= 4 is 28.6 Å². The highest BCUT2D eigenvalue weighted by molar-refractivity contribution is 6.08. The van der Waals surface area contributed by atoms with Crippen molar-refractivity contribution in [3.8, 4) is 11.1 Å². The molecule has 0 unspecified atom stereocenters. The van der Waals surface area contributed by atoms with Crippen LogP contribution in [0.1, 0.15) is 45.7 Å². The van der Waals surface area contributed by atoms with E-state index in [1.807, 2.05) is 90.0 Å². The zero-order chi connectivity index (χ0) is 35.6. The van der Waals surface area contributed by atoms with E-state index in [9.17, 15) is 9.59 Å². The SMILES string of the molecule is CCN(CC)CCn1cc(-c2cnc3[nH]cc(NC(=O)c4cnn(Cc5ccccc5)c4)c3c2)cn1.O=C(O)c1cnn(Cc2ccccc2)c1. The Balaban J connectivity index is 0.000000249. The molecule has 0 atom stereocenters. The van der Waals surface area contributed by atoms with E-state index in [0.29, 0.717) is 30.0 Å². The lowest BCUT2D eigenvalue weighted by Crippen LogP contribution is -2.27. The lowest BCUT2D eigenvalue weighted by molar-refractivity contribution is 0.0696. The van der Waals surface area contributed by atoms with Gasteiger partial charge in [-0.2, -0.15) is 15.3 Å². The van der Waals surface area contributed by atoms with Crippen LogP contribution in [0.15, 0.2) is 116 Å². The molecule has 7 rings (SSSR count). The number of pyridine rings is 1. The van der Waals surface area contributed by atoms with Gasteiger partial charge in [0.05, 0.1) is 55.0 Å². The molecule has 0 aliphatic rings. The number of nitrogens with one attached hydrogen (secondary N) is 2. The zero-order valence-corrected chi connectivity index (χ0v) is 28.6. The number of carboxylic acid groups (broad SMARTS) is 1. The predicted octanol–water partition coefficient (Wildman–Crippen LogP) is 5.89. The number of fused-ring (bicyclic) bond motifs is 1. The first-order chi connectivity index (χ1) is 24.9. The number of nitrogens with zero attached hydrogens (tertiary/aromatic N) is 8. The second-order valence-electron chi connectivity index (χ2n) is 11.9. The minimum atomic E-state index is -0.950. The summed E-state index contributed by atoms with van der Waals surface area (Å²) in [4.78, 5) is 33.6. The molecular formula is C38H40N10O3. The Bertz CT molecular complexity index is 2180. The standard InChI is InChI=1S/C27H30N8O.C11H10N2O2/c1-3-33(4-2)10-11-34-18-22(14-30-34)21-12-24-25(16-29-26(24)28-13-21)32-27(36)23-15-31-35(19-23)17-20-8-6-5-7-9-20;14-11(15)10-6-12-13(8-10)7-9-4-2-1-3-5-9/h5-9,12-16,18-19H,3-4,10-11,17H2,1-2H3,(H,28,29)(H,32,36);1-6,8H,7H2,(H,14,15). The van der Waals surface area contributed by atoms with Crippen LogP contribution in [0, 0.1) is 0 Å². The van der Waals surface area contributed by atoms with Gasteiger partial charge in [0.2, 0.25) is 0 Å². The molecule has 13 nitrogen and oxygen atoms in total. The summed E-state index contributed by atoms with van der Waals surface area (Å²) in [7, 11) is 0. The third-order valence-corrected chi connectivity index (χ3v) is 8.44. The van der Waals surface area contributed by atoms with Gasteiger partial charge < -0.3 is 20.3 Å². The number of aromatic carboxylic acids is 1. The number of aromatic amines is 1. The maximum atomic E-state index is 12.9. The van der Waals surface area contributed by atoms with Crippen molar-refractivity contribution in [1.82, 2.24) is 44.2 Å². The summed E-state index contributed by atoms with van der Waals surface area (Å²) in [5.74, 6) is -1.17. The third-order valence-electron chi connectivity index (χ3n) is 8.44. The molecule has 0 aliphatic heterocycles. The molecular weight excluding hydrogens is 644 g/mol. The van der Waals surface area contributed by atoms with E-state index in [1.54, 1.807) is 28.0 Å². The van der Waals surface area contributed by atoms with Crippen molar-refractivity contribution in [3.63, 3.8) is 0 Å². The van der Waals surface area contributed by atoms with Gasteiger partial charge in [0.25, 0.3) is 5.91 Å². The van der Waals surface area contributed by atoms with Gasteiger partial charge in [-0.15, -0.1) is 0 Å². The quantitative estimate of drug-likeness (QED) is 0.136. The van der Waals surface area contributed by atoms with Crippen LogP contribution >= 0.6 is 0 Å². The topological polar surface area (TPSA) is 152 Å². The number of carbonyl (C=O) groups is 2. The highest BCUT2D eigenvalue weighted by atomic mass is 16.4. The lowest BCUT2D eigenvalue weighted by Gasteiger charge is -2.17. The lowest BCUT2D eigenvalue weighted by atomic mass is 10.1. The Labute approximate surface area is 295 Å². The van der Waals surface area contributed by atoms with E-state index in [-0.39, 0.29) is 11.5 Å². The van der Waals surface area contributed by atoms with Crippen LogP contribution < -0.4 is 5.32 Å². The van der Waals surface area contributed by atoms with Crippen molar-refractivity contribution < 1.29 is 14.7 Å². The molecule has 260 valence electrons. The van der Waals surface area contributed by atoms with Crippen molar-refractivity contribution in [2.24, 2.45) is 0 Å². The highest BCUT2D eigenvalue weighted by Crippen LogP contribution is 2.27. The number of H-pyrrole nitrogens is 1. The Morgan fingerprint density at radius 3 is 1.98 bits per heavy atom. The summed E-state index contributed by atoms with van der Waals surface area (Å²) in [5, 5.41) is 25.4. The van der Waals surface area contributed by atoms with Gasteiger partial charge in [-0.3, -0.25) is 18.8 Å². The molecule has 51 heavy (non-hydrogen) atoms. The number of carbonyl (C=O) groups excluding carboxylic acids is 1. The normalized spacial score (nSPS) is 11.0. The Morgan fingerprint density at radius 2 is 1.37 bits per heavy atom. The first-order valence-electron chi connectivity index (χ1n) is 16.8. The second kappa shape index (κ2) is 16.4. The fourth-order valence-electron chi connectivity index (χ4n) is 5.55. The predicted molar refractivity (Wildman–Crippen MR) is 196 cm³/mol. The summed E-state index contributed by atoms with van der Waals surface area (Å²) in [6, 6.07) is 21.8. The average Bonchev–Trinajstić information content (AvgIpc) is 3.98. The molecule has 0 saturated heterocycles. The molecule has 0 aliphatic carbocycles. The largest absolute Gasteiger partial charge is 0.478 e. The minimum absolute atomic E-state index is 0.214. The molecule has 0 bridgehead atoms. The molecule has 0 fully saturated rings. The van der Waals surface area contributed by atoms with Gasteiger partial charge in [0, 0.05) is 54.0 Å². The second-order valence-corrected chi connectivity index (χ2v) is 11.9. The van der Waals surface area contributed by atoms with Crippen molar-refractivity contribution in [2.45, 2.75) is 33.5 Å². The summed E-state index contributed by atoms with van der Waals surface area (Å²) in [6.07, 6.45) is 13.7. The van der Waals surface area contributed by atoms with Gasteiger partial charge in [-0.05, 0) is 30.3 Å². The molecule has 1 amide bonds. The van der Waals surface area contributed by atoms with E-state index < -0.39 is 5.97 Å². The van der Waals surface area contributed by atoms with Crippen LogP contribution in [0.3, 0.4) is 0 Å². The number of aromatic nitrogens is 8. The zero-order valence-electron chi connectivity index (χ0n) is 28.6. The molecule has 2 aromatic carbocycles. The van der Waals surface area contributed by atoms with Crippen molar-refractivity contribution in [2.75, 3.05) is 25.0 Å². The molecule has 13 heteroatoms. The summed E-state index contributed by atoms with van der Waals surface area (Å²) in [6.45, 7) is 9.39. The number of hydrogen-bond donors (Lipinski definition) is 3. The van der Waals surface area contributed by atoms with Crippen LogP contribution in [0.25, 0.3) is 22.2 Å². The maximum absolute atomic E-state index is 12.9. The molecule has 0 saturated carbocycles. The van der Waals surface area contributed by atoms with E-state index in [4.69, 9.17) is 5.11 Å². The van der Waals surface area contributed by atoms with E-state index >= 15 is 0 Å². The number of likely N-dealkylation sites (N-methyl/N-ethyl adjacent to an activating group) is 1. The highest BCUT2D eigenvalue weighted by Gasteiger charge is 2.14. The summed E-state index contributed by atoms with van der Waals surface area (Å²) >= 11 is 0. The van der Waals surface area contributed by atoms with Gasteiger partial charge in [-0.1, -0.05) is 74.5 Å².